The molecule has 1 fully saturated rings. The van der Waals surface area contributed by atoms with Crippen LogP contribution in [0.2, 0.25) is 5.02 Å². The summed E-state index contributed by atoms with van der Waals surface area (Å²) in [5, 5.41) is 10.5. The Kier molecular flexibility index (Phi) is 8.36. The third-order valence-corrected chi connectivity index (χ3v) is 6.81. The molecule has 2 aromatic carbocycles. The molecule has 0 bridgehead atoms. The molecule has 0 atom stereocenters. The fraction of sp³-hybridized carbons (Fsp3) is 0.385. The Morgan fingerprint density at radius 1 is 1.11 bits per heavy atom. The van der Waals surface area contributed by atoms with Crippen LogP contribution >= 0.6 is 27.5 Å². The molecule has 0 unspecified atom stereocenters. The summed E-state index contributed by atoms with van der Waals surface area (Å²) in [6.45, 7) is 8.30. The number of nitrogens with one attached hydrogen (secondary N) is 3. The quantitative estimate of drug-likeness (QED) is 0.275. The van der Waals surface area contributed by atoms with Crippen molar-refractivity contribution in [2.75, 3.05) is 30.8 Å². The van der Waals surface area contributed by atoms with E-state index in [1.54, 1.807) is 13.3 Å². The number of methoxy groups -OCH3 is 1. The Morgan fingerprint density at radius 2 is 1.89 bits per heavy atom. The molecule has 7 nitrogen and oxygen atoms in total. The van der Waals surface area contributed by atoms with Gasteiger partial charge in [-0.3, -0.25) is 0 Å². The molecule has 3 N–H and O–H groups in total. The van der Waals surface area contributed by atoms with Gasteiger partial charge in [0.2, 0.25) is 5.95 Å². The van der Waals surface area contributed by atoms with Gasteiger partial charge in [0.05, 0.1) is 29.6 Å². The molecule has 1 aliphatic heterocycles. The number of halogens is 2. The van der Waals surface area contributed by atoms with Crippen LogP contribution in [0.15, 0.2) is 41.0 Å². The normalized spacial score (nSPS) is 14.1. The van der Waals surface area contributed by atoms with E-state index in [1.165, 1.54) is 11.1 Å². The van der Waals surface area contributed by atoms with Gasteiger partial charge in [-0.25, -0.2) is 4.98 Å². The molecule has 186 valence electrons. The maximum Gasteiger partial charge on any atom is 0.229 e. The van der Waals surface area contributed by atoms with E-state index in [4.69, 9.17) is 21.1 Å². The first-order chi connectivity index (χ1) is 16.8. The lowest BCUT2D eigenvalue weighted by Crippen LogP contribution is -2.27. The van der Waals surface area contributed by atoms with Crippen LogP contribution in [0.1, 0.15) is 43.7 Å². The lowest BCUT2D eigenvalue weighted by Gasteiger charge is -2.26. The third-order valence-electron chi connectivity index (χ3n) is 5.92. The molecule has 0 aliphatic carbocycles. The Bertz CT molecular complexity index is 1180. The second kappa shape index (κ2) is 11.5. The van der Waals surface area contributed by atoms with Crippen molar-refractivity contribution >= 4 is 50.7 Å². The van der Waals surface area contributed by atoms with E-state index in [1.807, 2.05) is 32.0 Å². The number of piperidine rings is 1. The van der Waals surface area contributed by atoms with E-state index in [2.05, 4.69) is 60.9 Å². The predicted octanol–water partition coefficient (Wildman–Crippen LogP) is 6.95. The van der Waals surface area contributed by atoms with Crippen molar-refractivity contribution in [2.45, 2.75) is 45.6 Å². The van der Waals surface area contributed by atoms with Crippen LogP contribution in [0, 0.1) is 6.92 Å². The molecular formula is C26H31BrClN5O2. The average molecular weight is 561 g/mol. The number of hydrogen-bond acceptors (Lipinski definition) is 7. The minimum Gasteiger partial charge on any atom is -0.496 e. The molecule has 9 heteroatoms. The molecule has 3 aromatic rings. The highest BCUT2D eigenvalue weighted by Gasteiger charge is 2.20. The van der Waals surface area contributed by atoms with E-state index < -0.39 is 0 Å². The molecule has 0 spiro atoms. The minimum absolute atomic E-state index is 0.0380. The Hall–Kier alpha value is -2.55. The fourth-order valence-corrected chi connectivity index (χ4v) is 4.92. The fourth-order valence-electron chi connectivity index (χ4n) is 4.24. The van der Waals surface area contributed by atoms with Crippen LogP contribution in [0.4, 0.5) is 23.1 Å². The zero-order valence-corrected chi connectivity index (χ0v) is 22.8. The highest BCUT2D eigenvalue weighted by molar-refractivity contribution is 9.10. The van der Waals surface area contributed by atoms with Crippen molar-refractivity contribution in [1.82, 2.24) is 15.3 Å². The predicted molar refractivity (Wildman–Crippen MR) is 146 cm³/mol. The van der Waals surface area contributed by atoms with Crippen LogP contribution in [0.3, 0.4) is 0 Å². The highest BCUT2D eigenvalue weighted by atomic mass is 79.9. The smallest absolute Gasteiger partial charge is 0.229 e. The molecule has 0 amide bonds. The molecule has 2 heterocycles. The van der Waals surface area contributed by atoms with Gasteiger partial charge in [0.1, 0.15) is 16.5 Å². The Balaban J connectivity index is 1.61. The Morgan fingerprint density at radius 3 is 2.57 bits per heavy atom. The summed E-state index contributed by atoms with van der Waals surface area (Å²) < 4.78 is 12.3. The summed E-state index contributed by atoms with van der Waals surface area (Å²) in [6.07, 6.45) is 3.88. The maximum atomic E-state index is 6.40. The van der Waals surface area contributed by atoms with Crippen molar-refractivity contribution in [2.24, 2.45) is 0 Å². The zero-order valence-electron chi connectivity index (χ0n) is 20.4. The van der Waals surface area contributed by atoms with Crippen LogP contribution in [-0.4, -0.2) is 36.3 Å². The van der Waals surface area contributed by atoms with E-state index in [0.717, 1.165) is 53.3 Å². The number of nitrogens with zero attached hydrogens (tertiary/aromatic N) is 2. The van der Waals surface area contributed by atoms with Crippen molar-refractivity contribution in [3.8, 4) is 11.5 Å². The number of aryl methyl sites for hydroxylation is 1. The standard InChI is InChI=1S/C26H31BrClN5O2/c1-15(2)35-24-13-19(17-7-9-29-10-8-17)16(3)11-22(24)32-26-30-14-21(28)25(33-26)31-18-5-6-23(34-4)20(27)12-18/h5-6,11-15,17,29H,7-10H2,1-4H3,(H2,30,31,32,33). The molecule has 0 saturated carbocycles. The topological polar surface area (TPSA) is 80.3 Å². The second-order valence-corrected chi connectivity index (χ2v) is 10.1. The zero-order chi connectivity index (χ0) is 24.9. The number of hydrogen-bond donors (Lipinski definition) is 3. The van der Waals surface area contributed by atoms with Gasteiger partial charge >= 0.3 is 0 Å². The van der Waals surface area contributed by atoms with E-state index in [0.29, 0.717) is 22.7 Å². The van der Waals surface area contributed by atoms with Gasteiger partial charge in [0.25, 0.3) is 0 Å². The van der Waals surface area contributed by atoms with E-state index >= 15 is 0 Å². The van der Waals surface area contributed by atoms with Gasteiger partial charge in [-0.15, -0.1) is 0 Å². The van der Waals surface area contributed by atoms with Gasteiger partial charge in [-0.1, -0.05) is 11.6 Å². The van der Waals surface area contributed by atoms with Gasteiger partial charge in [0, 0.05) is 5.69 Å². The Labute approximate surface area is 220 Å². The average Bonchev–Trinajstić information content (AvgIpc) is 2.83. The molecule has 1 aliphatic rings. The summed E-state index contributed by atoms with van der Waals surface area (Å²) in [4.78, 5) is 9.02. The SMILES string of the molecule is COc1ccc(Nc2nc(Nc3cc(C)c(C4CCNCC4)cc3OC(C)C)ncc2Cl)cc1Br. The van der Waals surface area contributed by atoms with Crippen LogP contribution in [0.5, 0.6) is 11.5 Å². The van der Waals surface area contributed by atoms with Gasteiger partial charge < -0.3 is 25.4 Å². The maximum absolute atomic E-state index is 6.40. The molecule has 1 saturated heterocycles. The van der Waals surface area contributed by atoms with E-state index in [-0.39, 0.29) is 6.10 Å². The summed E-state index contributed by atoms with van der Waals surface area (Å²) in [5.74, 6) is 2.99. The van der Waals surface area contributed by atoms with Gasteiger partial charge in [-0.05, 0) is 110 Å². The van der Waals surface area contributed by atoms with Crippen molar-refractivity contribution < 1.29 is 9.47 Å². The first-order valence-corrected chi connectivity index (χ1v) is 12.9. The number of aromatic nitrogens is 2. The summed E-state index contributed by atoms with van der Waals surface area (Å²) >= 11 is 9.90. The molecule has 35 heavy (non-hydrogen) atoms. The lowest BCUT2D eigenvalue weighted by molar-refractivity contribution is 0.243. The number of anilines is 4. The summed E-state index contributed by atoms with van der Waals surface area (Å²) in [7, 11) is 1.63. The molecule has 1 aromatic heterocycles. The minimum atomic E-state index is 0.0380. The van der Waals surface area contributed by atoms with Crippen molar-refractivity contribution in [3.63, 3.8) is 0 Å². The first-order valence-electron chi connectivity index (χ1n) is 11.8. The number of rotatable bonds is 8. The van der Waals surface area contributed by atoms with Crippen LogP contribution in [-0.2, 0) is 0 Å². The number of benzene rings is 2. The van der Waals surface area contributed by atoms with Crippen molar-refractivity contribution in [3.05, 3.63) is 57.2 Å². The highest BCUT2D eigenvalue weighted by Crippen LogP contribution is 2.37. The van der Waals surface area contributed by atoms with E-state index in [9.17, 15) is 0 Å². The van der Waals surface area contributed by atoms with Crippen molar-refractivity contribution in [1.29, 1.82) is 0 Å². The molecular weight excluding hydrogens is 530 g/mol. The largest absolute Gasteiger partial charge is 0.496 e. The monoisotopic (exact) mass is 559 g/mol. The second-order valence-electron chi connectivity index (χ2n) is 8.89. The lowest BCUT2D eigenvalue weighted by atomic mass is 9.87. The first kappa shape index (κ1) is 25.5. The molecule has 0 radical (unpaired) electrons. The van der Waals surface area contributed by atoms with Gasteiger partial charge in [-0.2, -0.15) is 4.98 Å². The van der Waals surface area contributed by atoms with Crippen LogP contribution in [0.25, 0.3) is 0 Å². The summed E-state index contributed by atoms with van der Waals surface area (Å²) in [5.41, 5.74) is 4.22. The molecule has 4 rings (SSSR count). The van der Waals surface area contributed by atoms with Gasteiger partial charge in [0.15, 0.2) is 5.82 Å². The summed E-state index contributed by atoms with van der Waals surface area (Å²) in [6, 6.07) is 9.97. The van der Waals surface area contributed by atoms with Crippen LogP contribution < -0.4 is 25.4 Å². The third kappa shape index (κ3) is 6.37. The number of ether oxygens (including phenoxy) is 2.